The maximum absolute atomic E-state index is 12.1. The third-order valence-electron chi connectivity index (χ3n) is 2.15. The molecule has 7 heteroatoms. The molecule has 0 saturated heterocycles. The second kappa shape index (κ2) is 5.81. The number of hydrogen-bond donors (Lipinski definition) is 1. The fourth-order valence-corrected chi connectivity index (χ4v) is 1.25. The first-order valence-electron chi connectivity index (χ1n) is 5.16. The van der Waals surface area contributed by atoms with Crippen LogP contribution in [0.25, 0.3) is 0 Å². The summed E-state index contributed by atoms with van der Waals surface area (Å²) >= 11 is 0. The number of nitrogens with zero attached hydrogens (tertiary/aromatic N) is 3. The van der Waals surface area contributed by atoms with Crippen LogP contribution in [0.3, 0.4) is 0 Å². The number of hydrogen-bond acceptors (Lipinski definition) is 4. The van der Waals surface area contributed by atoms with Gasteiger partial charge in [0.25, 0.3) is 0 Å². The van der Waals surface area contributed by atoms with Gasteiger partial charge in [-0.2, -0.15) is 13.2 Å². The summed E-state index contributed by atoms with van der Waals surface area (Å²) in [6.45, 7) is 0.412. The van der Waals surface area contributed by atoms with Crippen molar-refractivity contribution in [2.75, 3.05) is 25.5 Å². The summed E-state index contributed by atoms with van der Waals surface area (Å²) in [6.07, 6.45) is -1.97. The van der Waals surface area contributed by atoms with Crippen molar-refractivity contribution in [1.82, 2.24) is 15.3 Å². The highest BCUT2D eigenvalue weighted by atomic mass is 19.4. The number of rotatable bonds is 5. The van der Waals surface area contributed by atoms with Crippen molar-refractivity contribution in [1.29, 1.82) is 0 Å². The molecule has 0 aliphatic heterocycles. The van der Waals surface area contributed by atoms with Gasteiger partial charge in [-0.15, -0.1) is 0 Å². The minimum atomic E-state index is -4.15. The molecule has 1 N–H and O–H groups in total. The van der Waals surface area contributed by atoms with Gasteiger partial charge in [-0.3, -0.25) is 4.98 Å². The molecule has 0 aromatic carbocycles. The molecule has 0 unspecified atom stereocenters. The zero-order valence-electron chi connectivity index (χ0n) is 9.75. The van der Waals surface area contributed by atoms with E-state index in [1.54, 1.807) is 20.3 Å². The molecule has 96 valence electrons. The van der Waals surface area contributed by atoms with Crippen molar-refractivity contribution < 1.29 is 13.2 Å². The summed E-state index contributed by atoms with van der Waals surface area (Å²) in [5.74, 6) is 0.446. The van der Waals surface area contributed by atoms with E-state index in [1.807, 2.05) is 0 Å². The lowest BCUT2D eigenvalue weighted by Gasteiger charge is -2.19. The van der Waals surface area contributed by atoms with Crippen molar-refractivity contribution >= 4 is 5.82 Å². The van der Waals surface area contributed by atoms with Gasteiger partial charge in [0.05, 0.1) is 18.3 Å². The number of anilines is 1. The molecule has 0 aliphatic rings. The van der Waals surface area contributed by atoms with Crippen molar-refractivity contribution in [2.45, 2.75) is 19.1 Å². The molecular formula is C10H15F3N4. The van der Waals surface area contributed by atoms with Crippen LogP contribution in [-0.4, -0.2) is 36.8 Å². The molecule has 0 amide bonds. The third kappa shape index (κ3) is 4.99. The average Bonchev–Trinajstić information content (AvgIpc) is 2.26. The van der Waals surface area contributed by atoms with Crippen LogP contribution in [0.15, 0.2) is 12.4 Å². The number of nitrogens with one attached hydrogen (secondary N) is 1. The predicted octanol–water partition coefficient (Wildman–Crippen LogP) is 1.58. The molecule has 0 fully saturated rings. The Labute approximate surface area is 97.9 Å². The van der Waals surface area contributed by atoms with Crippen LogP contribution < -0.4 is 10.2 Å². The minimum absolute atomic E-state index is 0.124. The van der Waals surface area contributed by atoms with E-state index in [1.165, 1.54) is 11.1 Å². The molecule has 0 radical (unpaired) electrons. The van der Waals surface area contributed by atoms with E-state index >= 15 is 0 Å². The Bertz CT molecular complexity index is 354. The highest BCUT2D eigenvalue weighted by Crippen LogP contribution is 2.20. The maximum Gasteiger partial charge on any atom is 0.390 e. The van der Waals surface area contributed by atoms with Gasteiger partial charge in [0.15, 0.2) is 0 Å². The van der Waals surface area contributed by atoms with Gasteiger partial charge in [0.2, 0.25) is 0 Å². The fraction of sp³-hybridized carbons (Fsp3) is 0.600. The monoisotopic (exact) mass is 248 g/mol. The summed E-state index contributed by atoms with van der Waals surface area (Å²) < 4.78 is 36.2. The summed E-state index contributed by atoms with van der Waals surface area (Å²) in [6, 6.07) is 0. The molecular weight excluding hydrogens is 233 g/mol. The molecule has 0 spiro atoms. The van der Waals surface area contributed by atoms with Crippen LogP contribution in [0.4, 0.5) is 19.0 Å². The molecule has 0 aliphatic carbocycles. The fourth-order valence-electron chi connectivity index (χ4n) is 1.25. The minimum Gasteiger partial charge on any atom is -0.358 e. The van der Waals surface area contributed by atoms with Gasteiger partial charge in [0.1, 0.15) is 5.82 Å². The molecule has 1 aromatic rings. The first-order chi connectivity index (χ1) is 7.92. The van der Waals surface area contributed by atoms with Gasteiger partial charge in [-0.1, -0.05) is 0 Å². The van der Waals surface area contributed by atoms with Crippen LogP contribution in [0.2, 0.25) is 0 Å². The Morgan fingerprint density at radius 2 is 2.06 bits per heavy atom. The van der Waals surface area contributed by atoms with Crippen molar-refractivity contribution in [2.24, 2.45) is 0 Å². The summed E-state index contributed by atoms with van der Waals surface area (Å²) in [5, 5.41) is 2.91. The van der Waals surface area contributed by atoms with E-state index in [0.717, 1.165) is 0 Å². The lowest BCUT2D eigenvalue weighted by atomic mass is 10.4. The molecule has 1 heterocycles. The van der Waals surface area contributed by atoms with Crippen LogP contribution in [0.1, 0.15) is 12.1 Å². The van der Waals surface area contributed by atoms with E-state index in [2.05, 4.69) is 15.3 Å². The summed E-state index contributed by atoms with van der Waals surface area (Å²) in [5.41, 5.74) is 0.698. The van der Waals surface area contributed by atoms with Gasteiger partial charge in [-0.05, 0) is 7.05 Å². The molecule has 1 rings (SSSR count). The topological polar surface area (TPSA) is 41.1 Å². The highest BCUT2D eigenvalue weighted by molar-refractivity contribution is 5.34. The normalized spacial score (nSPS) is 11.6. The van der Waals surface area contributed by atoms with E-state index in [4.69, 9.17) is 0 Å². The number of halogens is 3. The molecule has 0 bridgehead atoms. The van der Waals surface area contributed by atoms with Crippen molar-refractivity contribution in [3.63, 3.8) is 0 Å². The molecule has 17 heavy (non-hydrogen) atoms. The third-order valence-corrected chi connectivity index (χ3v) is 2.15. The Kier molecular flexibility index (Phi) is 4.68. The average molecular weight is 248 g/mol. The molecule has 0 atom stereocenters. The Balaban J connectivity index is 2.62. The van der Waals surface area contributed by atoms with E-state index in [-0.39, 0.29) is 6.54 Å². The van der Waals surface area contributed by atoms with Crippen LogP contribution in [0, 0.1) is 0 Å². The number of aromatic nitrogens is 2. The first-order valence-corrected chi connectivity index (χ1v) is 5.16. The molecule has 1 aromatic heterocycles. The Morgan fingerprint density at radius 3 is 2.65 bits per heavy atom. The summed E-state index contributed by atoms with van der Waals surface area (Å²) in [4.78, 5) is 9.58. The predicted molar refractivity (Wildman–Crippen MR) is 58.7 cm³/mol. The van der Waals surface area contributed by atoms with Gasteiger partial charge in [-0.25, -0.2) is 4.98 Å². The largest absolute Gasteiger partial charge is 0.390 e. The SMILES string of the molecule is CNCc1cncc(N(C)CCC(F)(F)F)n1. The van der Waals surface area contributed by atoms with Crippen LogP contribution in [-0.2, 0) is 6.54 Å². The lowest BCUT2D eigenvalue weighted by Crippen LogP contribution is -2.25. The first kappa shape index (κ1) is 13.7. The standard InChI is InChI=1S/C10H15F3N4/c1-14-5-8-6-15-7-9(16-8)17(2)4-3-10(11,12)13/h6-7,14H,3-5H2,1-2H3. The van der Waals surface area contributed by atoms with E-state index < -0.39 is 12.6 Å². The summed E-state index contributed by atoms with van der Waals surface area (Å²) in [7, 11) is 3.33. The Morgan fingerprint density at radius 1 is 1.35 bits per heavy atom. The number of alkyl halides is 3. The quantitative estimate of drug-likeness (QED) is 0.859. The lowest BCUT2D eigenvalue weighted by molar-refractivity contribution is -0.132. The van der Waals surface area contributed by atoms with Gasteiger partial charge in [0, 0.05) is 26.3 Å². The van der Waals surface area contributed by atoms with E-state index in [0.29, 0.717) is 18.1 Å². The van der Waals surface area contributed by atoms with Crippen molar-refractivity contribution in [3.8, 4) is 0 Å². The van der Waals surface area contributed by atoms with Gasteiger partial charge < -0.3 is 10.2 Å². The zero-order chi connectivity index (χ0) is 12.9. The Hall–Kier alpha value is -1.37. The second-order valence-corrected chi connectivity index (χ2v) is 3.69. The van der Waals surface area contributed by atoms with Gasteiger partial charge >= 0.3 is 6.18 Å². The van der Waals surface area contributed by atoms with Crippen molar-refractivity contribution in [3.05, 3.63) is 18.1 Å². The molecule has 4 nitrogen and oxygen atoms in total. The van der Waals surface area contributed by atoms with Crippen LogP contribution >= 0.6 is 0 Å². The molecule has 0 saturated carbocycles. The maximum atomic E-state index is 12.1. The smallest absolute Gasteiger partial charge is 0.358 e. The van der Waals surface area contributed by atoms with Crippen LogP contribution in [0.5, 0.6) is 0 Å². The van der Waals surface area contributed by atoms with E-state index in [9.17, 15) is 13.2 Å². The highest BCUT2D eigenvalue weighted by Gasteiger charge is 2.27. The zero-order valence-corrected chi connectivity index (χ0v) is 9.75. The second-order valence-electron chi connectivity index (χ2n) is 3.69.